The minimum absolute atomic E-state index is 0.151. The number of anilines is 1. The number of rotatable bonds is 5. The van der Waals surface area contributed by atoms with Crippen molar-refractivity contribution >= 4 is 34.9 Å². The molecule has 1 N–H and O–H groups in total. The standard InChI is InChI=1S/C14H15Cl2N3O2/c1-9(2)19-12(6-7-17-19)18-13(20)8-21-11-5-3-4-10(15)14(11)16/h3-7,9H,8H2,1-2H3,(H,18,20). The predicted molar refractivity (Wildman–Crippen MR) is 83.2 cm³/mol. The Labute approximate surface area is 132 Å². The van der Waals surface area contributed by atoms with E-state index >= 15 is 0 Å². The van der Waals surface area contributed by atoms with Crippen LogP contribution in [0.1, 0.15) is 19.9 Å². The van der Waals surface area contributed by atoms with Crippen LogP contribution in [-0.4, -0.2) is 22.3 Å². The lowest BCUT2D eigenvalue weighted by Crippen LogP contribution is -2.22. The highest BCUT2D eigenvalue weighted by Gasteiger charge is 2.11. The van der Waals surface area contributed by atoms with Crippen LogP contribution in [0.4, 0.5) is 5.82 Å². The van der Waals surface area contributed by atoms with Gasteiger partial charge in [-0.05, 0) is 26.0 Å². The van der Waals surface area contributed by atoms with Crippen LogP contribution in [0.3, 0.4) is 0 Å². The summed E-state index contributed by atoms with van der Waals surface area (Å²) in [5.74, 6) is 0.695. The smallest absolute Gasteiger partial charge is 0.263 e. The van der Waals surface area contributed by atoms with Gasteiger partial charge in [0.1, 0.15) is 16.6 Å². The van der Waals surface area contributed by atoms with Gasteiger partial charge in [0.15, 0.2) is 6.61 Å². The summed E-state index contributed by atoms with van der Waals surface area (Å²) in [6.07, 6.45) is 1.63. The first-order valence-corrected chi connectivity index (χ1v) is 7.15. The molecular weight excluding hydrogens is 313 g/mol. The quantitative estimate of drug-likeness (QED) is 0.908. The summed E-state index contributed by atoms with van der Waals surface area (Å²) in [4.78, 5) is 11.9. The van der Waals surface area contributed by atoms with Gasteiger partial charge in [-0.15, -0.1) is 0 Å². The lowest BCUT2D eigenvalue weighted by Gasteiger charge is -2.12. The molecule has 0 atom stereocenters. The Morgan fingerprint density at radius 3 is 2.86 bits per heavy atom. The fraction of sp³-hybridized carbons (Fsp3) is 0.286. The molecule has 0 radical (unpaired) electrons. The van der Waals surface area contributed by atoms with Crippen LogP contribution >= 0.6 is 23.2 Å². The van der Waals surface area contributed by atoms with Gasteiger partial charge in [-0.25, -0.2) is 4.68 Å². The predicted octanol–water partition coefficient (Wildman–Crippen LogP) is 3.79. The molecule has 0 bridgehead atoms. The van der Waals surface area contributed by atoms with Crippen molar-refractivity contribution in [3.05, 3.63) is 40.5 Å². The summed E-state index contributed by atoms with van der Waals surface area (Å²) in [7, 11) is 0. The first-order chi connectivity index (χ1) is 9.99. The van der Waals surface area contributed by atoms with Crippen LogP contribution in [0, 0.1) is 0 Å². The van der Waals surface area contributed by atoms with Gasteiger partial charge >= 0.3 is 0 Å². The number of hydrogen-bond donors (Lipinski definition) is 1. The zero-order chi connectivity index (χ0) is 15.4. The fourth-order valence-corrected chi connectivity index (χ4v) is 2.09. The number of halogens is 2. The van der Waals surface area contributed by atoms with Gasteiger partial charge in [0, 0.05) is 12.1 Å². The van der Waals surface area contributed by atoms with E-state index in [0.29, 0.717) is 21.6 Å². The summed E-state index contributed by atoms with van der Waals surface area (Å²) in [6, 6.07) is 6.89. The van der Waals surface area contributed by atoms with Gasteiger partial charge in [-0.1, -0.05) is 29.3 Å². The summed E-state index contributed by atoms with van der Waals surface area (Å²) in [5.41, 5.74) is 0. The molecule has 0 saturated carbocycles. The maximum absolute atomic E-state index is 11.9. The zero-order valence-corrected chi connectivity index (χ0v) is 13.1. The highest BCUT2D eigenvalue weighted by atomic mass is 35.5. The molecule has 2 rings (SSSR count). The molecule has 1 aromatic carbocycles. The molecule has 1 heterocycles. The molecule has 7 heteroatoms. The molecule has 0 aliphatic heterocycles. The van der Waals surface area contributed by atoms with Crippen molar-refractivity contribution in [3.63, 3.8) is 0 Å². The first-order valence-electron chi connectivity index (χ1n) is 6.39. The van der Waals surface area contributed by atoms with E-state index < -0.39 is 0 Å². The monoisotopic (exact) mass is 327 g/mol. The summed E-state index contributed by atoms with van der Waals surface area (Å²) < 4.78 is 7.08. The Kier molecular flexibility index (Phi) is 5.09. The molecule has 112 valence electrons. The molecule has 2 aromatic rings. The lowest BCUT2D eigenvalue weighted by atomic mass is 10.3. The summed E-state index contributed by atoms with van der Waals surface area (Å²) >= 11 is 11.9. The minimum Gasteiger partial charge on any atom is -0.482 e. The SMILES string of the molecule is CC(C)n1nccc1NC(=O)COc1cccc(Cl)c1Cl. The molecular formula is C14H15Cl2N3O2. The number of amides is 1. The normalized spacial score (nSPS) is 10.7. The van der Waals surface area contributed by atoms with E-state index in [9.17, 15) is 4.79 Å². The largest absolute Gasteiger partial charge is 0.482 e. The van der Waals surface area contributed by atoms with Gasteiger partial charge < -0.3 is 10.1 Å². The van der Waals surface area contributed by atoms with E-state index in [2.05, 4.69) is 10.4 Å². The number of aromatic nitrogens is 2. The van der Waals surface area contributed by atoms with Gasteiger partial charge in [0.2, 0.25) is 0 Å². The van der Waals surface area contributed by atoms with Crippen LogP contribution in [0.5, 0.6) is 5.75 Å². The second-order valence-electron chi connectivity index (χ2n) is 4.64. The third-order valence-corrected chi connectivity index (χ3v) is 3.50. The van der Waals surface area contributed by atoms with Crippen molar-refractivity contribution < 1.29 is 9.53 Å². The molecule has 0 aliphatic rings. The highest BCUT2D eigenvalue weighted by molar-refractivity contribution is 6.42. The van der Waals surface area contributed by atoms with Crippen molar-refractivity contribution in [2.24, 2.45) is 0 Å². The van der Waals surface area contributed by atoms with Crippen molar-refractivity contribution in [3.8, 4) is 5.75 Å². The minimum atomic E-state index is -0.298. The fourth-order valence-electron chi connectivity index (χ4n) is 1.74. The van der Waals surface area contributed by atoms with Crippen LogP contribution in [0.2, 0.25) is 10.0 Å². The Morgan fingerprint density at radius 1 is 1.38 bits per heavy atom. The Morgan fingerprint density at radius 2 is 2.14 bits per heavy atom. The van der Waals surface area contributed by atoms with Crippen LogP contribution in [0.15, 0.2) is 30.5 Å². The number of nitrogens with zero attached hydrogens (tertiary/aromatic N) is 2. The second-order valence-corrected chi connectivity index (χ2v) is 5.43. The first kappa shape index (κ1) is 15.7. The molecule has 5 nitrogen and oxygen atoms in total. The topological polar surface area (TPSA) is 56.2 Å². The second kappa shape index (κ2) is 6.83. The molecule has 1 aromatic heterocycles. The molecule has 0 aliphatic carbocycles. The number of ether oxygens (including phenoxy) is 1. The van der Waals surface area contributed by atoms with Gasteiger partial charge in [-0.2, -0.15) is 5.10 Å². The summed E-state index contributed by atoms with van der Waals surface area (Å²) in [6.45, 7) is 3.79. The zero-order valence-electron chi connectivity index (χ0n) is 11.6. The summed E-state index contributed by atoms with van der Waals surface area (Å²) in [5, 5.41) is 7.54. The molecule has 21 heavy (non-hydrogen) atoms. The van der Waals surface area contributed by atoms with Gasteiger partial charge in [0.25, 0.3) is 5.91 Å². The van der Waals surface area contributed by atoms with E-state index in [0.717, 1.165) is 0 Å². The maximum Gasteiger partial charge on any atom is 0.263 e. The number of carbonyl (C=O) groups is 1. The van der Waals surface area contributed by atoms with Crippen molar-refractivity contribution in [2.75, 3.05) is 11.9 Å². The van der Waals surface area contributed by atoms with E-state index in [1.807, 2.05) is 13.8 Å². The number of carbonyl (C=O) groups excluding carboxylic acids is 1. The van der Waals surface area contributed by atoms with Crippen molar-refractivity contribution in [2.45, 2.75) is 19.9 Å². The van der Waals surface area contributed by atoms with Gasteiger partial charge in [0.05, 0.1) is 11.2 Å². The third-order valence-electron chi connectivity index (χ3n) is 2.70. The van der Waals surface area contributed by atoms with Crippen LogP contribution in [0.25, 0.3) is 0 Å². The van der Waals surface area contributed by atoms with Crippen LogP contribution < -0.4 is 10.1 Å². The molecule has 1 amide bonds. The highest BCUT2D eigenvalue weighted by Crippen LogP contribution is 2.31. The van der Waals surface area contributed by atoms with E-state index in [1.54, 1.807) is 35.1 Å². The number of benzene rings is 1. The van der Waals surface area contributed by atoms with Gasteiger partial charge in [-0.3, -0.25) is 4.79 Å². The van der Waals surface area contributed by atoms with Crippen molar-refractivity contribution in [1.29, 1.82) is 0 Å². The lowest BCUT2D eigenvalue weighted by molar-refractivity contribution is -0.118. The van der Waals surface area contributed by atoms with E-state index in [-0.39, 0.29) is 18.6 Å². The molecule has 0 unspecified atom stereocenters. The third kappa shape index (κ3) is 3.89. The Bertz CT molecular complexity index is 641. The molecule has 0 fully saturated rings. The molecule has 0 saturated heterocycles. The average Bonchev–Trinajstić information content (AvgIpc) is 2.88. The average molecular weight is 328 g/mol. The van der Waals surface area contributed by atoms with E-state index in [4.69, 9.17) is 27.9 Å². The molecule has 0 spiro atoms. The Balaban J connectivity index is 1.96. The Hall–Kier alpha value is -1.72. The maximum atomic E-state index is 11.9. The number of hydrogen-bond acceptors (Lipinski definition) is 3. The van der Waals surface area contributed by atoms with Crippen LogP contribution in [-0.2, 0) is 4.79 Å². The number of nitrogens with one attached hydrogen (secondary N) is 1. The van der Waals surface area contributed by atoms with E-state index in [1.165, 1.54) is 0 Å². The van der Waals surface area contributed by atoms with Crippen molar-refractivity contribution in [1.82, 2.24) is 9.78 Å².